The Balaban J connectivity index is 1.80. The third-order valence-corrected chi connectivity index (χ3v) is 3.39. The summed E-state index contributed by atoms with van der Waals surface area (Å²) in [7, 11) is 3.75. The summed E-state index contributed by atoms with van der Waals surface area (Å²) in [4.78, 5) is 29.7. The van der Waals surface area contributed by atoms with Crippen LogP contribution in [0.1, 0.15) is 28.8 Å². The van der Waals surface area contributed by atoms with E-state index in [1.54, 1.807) is 12.3 Å². The van der Waals surface area contributed by atoms with Crippen LogP contribution >= 0.6 is 0 Å². The summed E-state index contributed by atoms with van der Waals surface area (Å²) in [5.41, 5.74) is 1.21. The van der Waals surface area contributed by atoms with E-state index in [0.717, 1.165) is 11.4 Å². The summed E-state index contributed by atoms with van der Waals surface area (Å²) in [6.45, 7) is 0.132. The van der Waals surface area contributed by atoms with Crippen LogP contribution in [-0.2, 0) is 16.1 Å². The first-order chi connectivity index (χ1) is 11.5. The second kappa shape index (κ2) is 8.19. The lowest BCUT2D eigenvalue weighted by atomic mass is 10.1. The molecule has 126 valence electrons. The van der Waals surface area contributed by atoms with Gasteiger partial charge in [-0.3, -0.25) is 9.59 Å². The molecule has 0 aliphatic heterocycles. The fraction of sp³-hybridized carbons (Fsp3) is 0.278. The molecule has 6 heteroatoms. The lowest BCUT2D eigenvalue weighted by Crippen LogP contribution is -2.11. The zero-order valence-corrected chi connectivity index (χ0v) is 13.7. The number of nitrogens with zero attached hydrogens (tertiary/aromatic N) is 2. The number of ether oxygens (including phenoxy) is 1. The largest absolute Gasteiger partial charge is 0.461 e. The van der Waals surface area contributed by atoms with Gasteiger partial charge in [-0.1, -0.05) is 0 Å². The smallest absolute Gasteiger partial charge is 0.306 e. The van der Waals surface area contributed by atoms with Crippen molar-refractivity contribution in [3.8, 4) is 0 Å². The third kappa shape index (κ3) is 5.15. The predicted octanol–water partition coefficient (Wildman–Crippen LogP) is 2.99. The zero-order valence-electron chi connectivity index (χ0n) is 13.7. The Morgan fingerprint density at radius 3 is 2.50 bits per heavy atom. The normalized spacial score (nSPS) is 10.3. The molecule has 0 N–H and O–H groups in total. The number of carbonyl (C=O) groups is 2. The van der Waals surface area contributed by atoms with Crippen molar-refractivity contribution in [3.05, 3.63) is 59.5 Å². The van der Waals surface area contributed by atoms with Crippen molar-refractivity contribution >= 4 is 17.6 Å². The van der Waals surface area contributed by atoms with Gasteiger partial charge in [-0.25, -0.2) is 9.37 Å². The van der Waals surface area contributed by atoms with E-state index in [-0.39, 0.29) is 25.2 Å². The van der Waals surface area contributed by atoms with Crippen molar-refractivity contribution in [2.24, 2.45) is 0 Å². The van der Waals surface area contributed by atoms with E-state index in [4.69, 9.17) is 4.74 Å². The minimum Gasteiger partial charge on any atom is -0.461 e. The fourth-order valence-electron chi connectivity index (χ4n) is 2.03. The summed E-state index contributed by atoms with van der Waals surface area (Å²) >= 11 is 0. The Kier molecular flexibility index (Phi) is 6.01. The van der Waals surface area contributed by atoms with Gasteiger partial charge in [0.2, 0.25) is 0 Å². The average Bonchev–Trinajstić information content (AvgIpc) is 2.58. The highest BCUT2D eigenvalue weighted by Gasteiger charge is 2.11. The van der Waals surface area contributed by atoms with E-state index in [9.17, 15) is 14.0 Å². The number of hydrogen-bond donors (Lipinski definition) is 0. The standard InChI is InChI=1S/C18H19FN2O3/c1-21(2)17-11-13(9-10-20-17)12-24-18(23)8-7-16(22)14-3-5-15(19)6-4-14/h3-6,9-11H,7-8,12H2,1-2H3. The minimum atomic E-state index is -0.450. The molecule has 0 atom stereocenters. The number of aromatic nitrogens is 1. The Hall–Kier alpha value is -2.76. The maximum Gasteiger partial charge on any atom is 0.306 e. The van der Waals surface area contributed by atoms with Gasteiger partial charge in [0, 0.05) is 32.3 Å². The van der Waals surface area contributed by atoms with Crippen molar-refractivity contribution in [2.75, 3.05) is 19.0 Å². The van der Waals surface area contributed by atoms with Crippen LogP contribution in [0.3, 0.4) is 0 Å². The van der Waals surface area contributed by atoms with Crippen molar-refractivity contribution < 1.29 is 18.7 Å². The highest BCUT2D eigenvalue weighted by atomic mass is 19.1. The van der Waals surface area contributed by atoms with E-state index in [1.807, 2.05) is 25.1 Å². The Labute approximate surface area is 140 Å². The lowest BCUT2D eigenvalue weighted by molar-refractivity contribution is -0.144. The number of hydrogen-bond acceptors (Lipinski definition) is 5. The second-order valence-electron chi connectivity index (χ2n) is 5.51. The van der Waals surface area contributed by atoms with Gasteiger partial charge in [0.1, 0.15) is 18.2 Å². The molecule has 0 saturated carbocycles. The van der Waals surface area contributed by atoms with Gasteiger partial charge in [0.05, 0.1) is 6.42 Å². The number of benzene rings is 1. The minimum absolute atomic E-state index is 0.0121. The van der Waals surface area contributed by atoms with Gasteiger partial charge < -0.3 is 9.64 Å². The van der Waals surface area contributed by atoms with E-state index >= 15 is 0 Å². The van der Waals surface area contributed by atoms with Gasteiger partial charge >= 0.3 is 5.97 Å². The number of ketones is 1. The predicted molar refractivity (Wildman–Crippen MR) is 88.3 cm³/mol. The number of pyridine rings is 1. The molecule has 0 radical (unpaired) electrons. The second-order valence-corrected chi connectivity index (χ2v) is 5.51. The zero-order chi connectivity index (χ0) is 17.5. The molecule has 0 spiro atoms. The quantitative estimate of drug-likeness (QED) is 0.577. The van der Waals surface area contributed by atoms with Crippen LogP contribution in [0, 0.1) is 5.82 Å². The number of rotatable bonds is 7. The van der Waals surface area contributed by atoms with E-state index in [1.165, 1.54) is 24.3 Å². The summed E-state index contributed by atoms with van der Waals surface area (Å²) < 4.78 is 18.0. The van der Waals surface area contributed by atoms with Gasteiger partial charge in [-0.2, -0.15) is 0 Å². The van der Waals surface area contributed by atoms with Crippen LogP contribution in [-0.4, -0.2) is 30.8 Å². The Morgan fingerprint density at radius 2 is 1.83 bits per heavy atom. The molecule has 2 rings (SSSR count). The van der Waals surface area contributed by atoms with E-state index < -0.39 is 11.8 Å². The lowest BCUT2D eigenvalue weighted by Gasteiger charge is -2.12. The maximum atomic E-state index is 12.8. The molecule has 0 aliphatic rings. The number of carbonyl (C=O) groups excluding carboxylic acids is 2. The van der Waals surface area contributed by atoms with Crippen LogP contribution in [0.4, 0.5) is 10.2 Å². The molecule has 2 aromatic rings. The molecular formula is C18H19FN2O3. The Bertz CT molecular complexity index is 714. The van der Waals surface area contributed by atoms with Crippen molar-refractivity contribution in [3.63, 3.8) is 0 Å². The molecule has 0 bridgehead atoms. The van der Waals surface area contributed by atoms with Crippen molar-refractivity contribution in [1.29, 1.82) is 0 Å². The van der Waals surface area contributed by atoms with Crippen LogP contribution in [0.15, 0.2) is 42.6 Å². The van der Waals surface area contributed by atoms with Gasteiger partial charge in [-0.05, 0) is 42.0 Å². The molecule has 1 aromatic carbocycles. The number of anilines is 1. The highest BCUT2D eigenvalue weighted by molar-refractivity contribution is 5.97. The molecule has 1 heterocycles. The third-order valence-electron chi connectivity index (χ3n) is 3.39. The van der Waals surface area contributed by atoms with Gasteiger partial charge in [-0.15, -0.1) is 0 Å². The van der Waals surface area contributed by atoms with Crippen LogP contribution in [0.2, 0.25) is 0 Å². The SMILES string of the molecule is CN(C)c1cc(COC(=O)CCC(=O)c2ccc(F)cc2)ccn1. The molecule has 5 nitrogen and oxygen atoms in total. The first-order valence-electron chi connectivity index (χ1n) is 7.52. The number of halogens is 1. The van der Waals surface area contributed by atoms with E-state index in [0.29, 0.717) is 5.56 Å². The number of Topliss-reactive ketones (excluding diaryl/α,β-unsaturated/α-hetero) is 1. The topological polar surface area (TPSA) is 59.5 Å². The molecule has 24 heavy (non-hydrogen) atoms. The first-order valence-corrected chi connectivity index (χ1v) is 7.52. The van der Waals surface area contributed by atoms with Crippen LogP contribution in [0.25, 0.3) is 0 Å². The fourth-order valence-corrected chi connectivity index (χ4v) is 2.03. The molecular weight excluding hydrogens is 311 g/mol. The summed E-state index contributed by atoms with van der Waals surface area (Å²) in [6, 6.07) is 8.85. The van der Waals surface area contributed by atoms with Crippen molar-refractivity contribution in [1.82, 2.24) is 4.98 Å². The molecule has 0 amide bonds. The van der Waals surface area contributed by atoms with Gasteiger partial charge in [0.15, 0.2) is 5.78 Å². The van der Waals surface area contributed by atoms with Crippen LogP contribution < -0.4 is 4.90 Å². The first kappa shape index (κ1) is 17.6. The number of esters is 1. The molecule has 0 saturated heterocycles. The summed E-state index contributed by atoms with van der Waals surface area (Å²) in [5.74, 6) is -0.296. The molecule has 0 unspecified atom stereocenters. The summed E-state index contributed by atoms with van der Waals surface area (Å²) in [5, 5.41) is 0. The summed E-state index contributed by atoms with van der Waals surface area (Å²) in [6.07, 6.45) is 1.67. The van der Waals surface area contributed by atoms with E-state index in [2.05, 4.69) is 4.98 Å². The molecule has 1 aromatic heterocycles. The van der Waals surface area contributed by atoms with Gasteiger partial charge in [0.25, 0.3) is 0 Å². The van der Waals surface area contributed by atoms with Crippen LogP contribution in [0.5, 0.6) is 0 Å². The molecule has 0 aliphatic carbocycles. The monoisotopic (exact) mass is 330 g/mol. The van der Waals surface area contributed by atoms with Crippen molar-refractivity contribution in [2.45, 2.75) is 19.4 Å². The highest BCUT2D eigenvalue weighted by Crippen LogP contribution is 2.12. The maximum absolute atomic E-state index is 12.8. The Morgan fingerprint density at radius 1 is 1.12 bits per heavy atom. The molecule has 0 fully saturated rings. The average molecular weight is 330 g/mol.